The van der Waals surface area contributed by atoms with E-state index in [1.54, 1.807) is 38.1 Å². The molecule has 1 heterocycles. The number of fused-ring (bicyclic) bond motifs is 1. The highest BCUT2D eigenvalue weighted by molar-refractivity contribution is 7.92. The summed E-state index contributed by atoms with van der Waals surface area (Å²) < 4.78 is 31.3. The van der Waals surface area contributed by atoms with Crippen molar-refractivity contribution in [3.8, 4) is 5.75 Å². The van der Waals surface area contributed by atoms with Gasteiger partial charge in [-0.2, -0.15) is 0 Å². The number of carbonyl (C=O) groups excluding carboxylic acids is 1. The second-order valence-corrected chi connectivity index (χ2v) is 7.92. The first-order chi connectivity index (χ1) is 11.9. The zero-order chi connectivity index (χ0) is 18.0. The van der Waals surface area contributed by atoms with E-state index >= 15 is 0 Å². The van der Waals surface area contributed by atoms with E-state index in [1.165, 1.54) is 0 Å². The molecule has 0 unspecified atom stereocenters. The Bertz CT molecular complexity index is 923. The number of rotatable bonds is 5. The minimum absolute atomic E-state index is 0.00691. The van der Waals surface area contributed by atoms with Crippen molar-refractivity contribution in [2.24, 2.45) is 0 Å². The van der Waals surface area contributed by atoms with Gasteiger partial charge >= 0.3 is 0 Å². The monoisotopic (exact) mass is 360 g/mol. The lowest BCUT2D eigenvalue weighted by Crippen LogP contribution is -2.16. The maximum Gasteiger partial charge on any atom is 0.255 e. The molecule has 132 valence electrons. The lowest BCUT2D eigenvalue weighted by molar-refractivity contribution is 0.102. The summed E-state index contributed by atoms with van der Waals surface area (Å²) in [4.78, 5) is 12.4. The number of anilines is 2. The van der Waals surface area contributed by atoms with Crippen LogP contribution >= 0.6 is 0 Å². The van der Waals surface area contributed by atoms with Crippen molar-refractivity contribution in [3.63, 3.8) is 0 Å². The number of nitrogens with one attached hydrogen (secondary N) is 2. The number of hydrogen-bond acceptors (Lipinski definition) is 4. The molecule has 1 aliphatic rings. The highest BCUT2D eigenvalue weighted by Gasteiger charge is 2.15. The maximum atomic E-state index is 12.4. The van der Waals surface area contributed by atoms with Gasteiger partial charge < -0.3 is 10.1 Å². The summed E-state index contributed by atoms with van der Waals surface area (Å²) in [6, 6.07) is 10.4. The van der Waals surface area contributed by atoms with Crippen LogP contribution in [0.15, 0.2) is 36.4 Å². The van der Waals surface area contributed by atoms with E-state index < -0.39 is 10.0 Å². The normalized spacial score (nSPS) is 13.0. The number of amides is 1. The molecule has 7 heteroatoms. The number of hydrogen-bond donors (Lipinski definition) is 2. The number of sulfonamides is 1. The average Bonchev–Trinajstić information content (AvgIpc) is 3.05. The molecule has 0 fully saturated rings. The van der Waals surface area contributed by atoms with E-state index in [1.807, 2.05) is 12.1 Å². The Morgan fingerprint density at radius 2 is 2.00 bits per heavy atom. The van der Waals surface area contributed by atoms with Gasteiger partial charge in [-0.1, -0.05) is 0 Å². The Hall–Kier alpha value is -2.54. The van der Waals surface area contributed by atoms with Gasteiger partial charge in [-0.25, -0.2) is 8.42 Å². The van der Waals surface area contributed by atoms with Gasteiger partial charge in [0.1, 0.15) is 5.75 Å². The summed E-state index contributed by atoms with van der Waals surface area (Å²) in [5.41, 5.74) is 3.45. The molecule has 0 saturated heterocycles. The van der Waals surface area contributed by atoms with Crippen LogP contribution in [0.4, 0.5) is 11.4 Å². The second kappa shape index (κ2) is 6.76. The molecule has 3 rings (SSSR count). The lowest BCUT2D eigenvalue weighted by Gasteiger charge is -2.12. The molecular formula is C18H20N2O4S. The summed E-state index contributed by atoms with van der Waals surface area (Å²) >= 11 is 0. The van der Waals surface area contributed by atoms with Crippen LogP contribution in [-0.4, -0.2) is 26.7 Å². The molecule has 1 aliphatic heterocycles. The van der Waals surface area contributed by atoms with Crippen LogP contribution in [0.5, 0.6) is 5.75 Å². The average molecular weight is 360 g/mol. The summed E-state index contributed by atoms with van der Waals surface area (Å²) in [7, 11) is -3.33. The van der Waals surface area contributed by atoms with Crippen LogP contribution in [0, 0.1) is 6.92 Å². The van der Waals surface area contributed by atoms with Crippen molar-refractivity contribution in [2.45, 2.75) is 20.3 Å². The third kappa shape index (κ3) is 3.93. The number of benzene rings is 2. The molecule has 25 heavy (non-hydrogen) atoms. The predicted molar refractivity (Wildman–Crippen MR) is 97.9 cm³/mol. The van der Waals surface area contributed by atoms with Crippen molar-refractivity contribution < 1.29 is 17.9 Å². The van der Waals surface area contributed by atoms with Crippen LogP contribution < -0.4 is 14.8 Å². The van der Waals surface area contributed by atoms with E-state index in [4.69, 9.17) is 4.74 Å². The van der Waals surface area contributed by atoms with E-state index in [0.29, 0.717) is 23.5 Å². The summed E-state index contributed by atoms with van der Waals surface area (Å²) in [6.45, 7) is 4.01. The Kier molecular flexibility index (Phi) is 4.67. The van der Waals surface area contributed by atoms with Gasteiger partial charge in [-0.15, -0.1) is 0 Å². The van der Waals surface area contributed by atoms with E-state index in [0.717, 1.165) is 23.3 Å². The zero-order valence-electron chi connectivity index (χ0n) is 14.1. The number of ether oxygens (including phenoxy) is 1. The highest BCUT2D eigenvalue weighted by Crippen LogP contribution is 2.26. The molecule has 0 saturated carbocycles. The third-order valence-electron chi connectivity index (χ3n) is 4.08. The fourth-order valence-corrected chi connectivity index (χ4v) is 3.34. The topological polar surface area (TPSA) is 84.5 Å². The SMILES string of the molecule is CCS(=O)(=O)Nc1ccc(NC(=O)c2ccc3c(c2)CCO3)cc1C. The third-order valence-corrected chi connectivity index (χ3v) is 5.37. The van der Waals surface area contributed by atoms with Crippen LogP contribution in [-0.2, 0) is 16.4 Å². The van der Waals surface area contributed by atoms with Crippen molar-refractivity contribution in [2.75, 3.05) is 22.4 Å². The maximum absolute atomic E-state index is 12.4. The molecule has 0 atom stereocenters. The van der Waals surface area contributed by atoms with Crippen molar-refractivity contribution in [1.82, 2.24) is 0 Å². The van der Waals surface area contributed by atoms with E-state index in [9.17, 15) is 13.2 Å². The Balaban J connectivity index is 1.74. The molecule has 0 radical (unpaired) electrons. The first kappa shape index (κ1) is 17.3. The van der Waals surface area contributed by atoms with Gasteiger partial charge in [0.25, 0.3) is 5.91 Å². The molecule has 0 bridgehead atoms. The van der Waals surface area contributed by atoms with Gasteiger partial charge in [-0.05, 0) is 61.4 Å². The van der Waals surface area contributed by atoms with Gasteiger partial charge in [-0.3, -0.25) is 9.52 Å². The van der Waals surface area contributed by atoms with Crippen LogP contribution in [0.3, 0.4) is 0 Å². The largest absolute Gasteiger partial charge is 0.493 e. The smallest absolute Gasteiger partial charge is 0.255 e. The van der Waals surface area contributed by atoms with Crippen molar-refractivity contribution in [3.05, 3.63) is 53.1 Å². The summed E-state index contributed by atoms with van der Waals surface area (Å²) in [5.74, 6) is 0.628. The van der Waals surface area contributed by atoms with Gasteiger partial charge in [0.2, 0.25) is 10.0 Å². The Morgan fingerprint density at radius 3 is 2.72 bits per heavy atom. The first-order valence-electron chi connectivity index (χ1n) is 8.06. The molecule has 0 aliphatic carbocycles. The van der Waals surface area contributed by atoms with Gasteiger partial charge in [0, 0.05) is 17.7 Å². The van der Waals surface area contributed by atoms with Gasteiger partial charge in [0.05, 0.1) is 18.0 Å². The standard InChI is InChI=1S/C18H20N2O4S/c1-3-25(22,23)20-16-6-5-15(10-12(16)2)19-18(21)14-4-7-17-13(11-14)8-9-24-17/h4-7,10-11,20H,3,8-9H2,1-2H3,(H,19,21). The Labute approximate surface area is 147 Å². The number of aryl methyl sites for hydroxylation is 1. The Morgan fingerprint density at radius 1 is 1.20 bits per heavy atom. The second-order valence-electron chi connectivity index (χ2n) is 5.91. The quantitative estimate of drug-likeness (QED) is 0.859. The molecular weight excluding hydrogens is 340 g/mol. The summed E-state index contributed by atoms with van der Waals surface area (Å²) in [6.07, 6.45) is 0.807. The minimum Gasteiger partial charge on any atom is -0.493 e. The van der Waals surface area contributed by atoms with Crippen LogP contribution in [0.2, 0.25) is 0 Å². The number of carbonyl (C=O) groups is 1. The molecule has 0 aromatic heterocycles. The minimum atomic E-state index is -3.33. The van der Waals surface area contributed by atoms with E-state index in [-0.39, 0.29) is 11.7 Å². The zero-order valence-corrected chi connectivity index (χ0v) is 14.9. The highest BCUT2D eigenvalue weighted by atomic mass is 32.2. The molecule has 6 nitrogen and oxygen atoms in total. The fraction of sp³-hybridized carbons (Fsp3) is 0.278. The summed E-state index contributed by atoms with van der Waals surface area (Å²) in [5, 5.41) is 2.84. The molecule has 2 aromatic carbocycles. The molecule has 2 N–H and O–H groups in total. The lowest BCUT2D eigenvalue weighted by atomic mass is 10.1. The molecule has 1 amide bonds. The predicted octanol–water partition coefficient (Wildman–Crippen LogP) is 2.94. The van der Waals surface area contributed by atoms with Crippen LogP contribution in [0.1, 0.15) is 28.4 Å². The molecule has 2 aromatic rings. The van der Waals surface area contributed by atoms with Crippen molar-refractivity contribution >= 4 is 27.3 Å². The molecule has 0 spiro atoms. The van der Waals surface area contributed by atoms with Crippen LogP contribution in [0.25, 0.3) is 0 Å². The van der Waals surface area contributed by atoms with Crippen molar-refractivity contribution in [1.29, 1.82) is 0 Å². The first-order valence-corrected chi connectivity index (χ1v) is 9.71. The fourth-order valence-electron chi connectivity index (χ4n) is 2.63. The van der Waals surface area contributed by atoms with Gasteiger partial charge in [0.15, 0.2) is 0 Å². The van der Waals surface area contributed by atoms with E-state index in [2.05, 4.69) is 10.0 Å².